The Morgan fingerprint density at radius 1 is 1.18 bits per heavy atom. The predicted octanol–water partition coefficient (Wildman–Crippen LogP) is 5.22. The van der Waals surface area contributed by atoms with Gasteiger partial charge in [0.25, 0.3) is 0 Å². The first-order valence-electron chi connectivity index (χ1n) is 8.55. The number of ether oxygens (including phenoxy) is 1. The van der Waals surface area contributed by atoms with Crippen LogP contribution >= 0.6 is 0 Å². The molecule has 3 nitrogen and oxygen atoms in total. The van der Waals surface area contributed by atoms with Crippen molar-refractivity contribution in [1.29, 1.82) is 0 Å². The highest BCUT2D eigenvalue weighted by Gasteiger charge is 2.37. The van der Waals surface area contributed by atoms with Crippen LogP contribution in [-0.4, -0.2) is 12.6 Å². The van der Waals surface area contributed by atoms with Crippen LogP contribution in [0.2, 0.25) is 0 Å². The van der Waals surface area contributed by atoms with Gasteiger partial charge in [-0.3, -0.25) is 4.79 Å². The maximum absolute atomic E-state index is 14.6. The number of rotatable bonds is 5. The zero-order chi connectivity index (χ0) is 21.2. The van der Waals surface area contributed by atoms with Gasteiger partial charge in [0.1, 0.15) is 11.6 Å². The summed E-state index contributed by atoms with van der Waals surface area (Å²) in [6.07, 6.45) is -5.49. The molecule has 0 bridgehead atoms. The summed E-state index contributed by atoms with van der Waals surface area (Å²) in [6, 6.07) is 3.03. The fourth-order valence-corrected chi connectivity index (χ4v) is 3.04. The quantitative estimate of drug-likeness (QED) is 0.552. The van der Waals surface area contributed by atoms with Gasteiger partial charge >= 0.3 is 12.1 Å². The van der Waals surface area contributed by atoms with E-state index in [2.05, 4.69) is 0 Å². The molecule has 0 amide bonds. The molecule has 2 aromatic carbocycles. The van der Waals surface area contributed by atoms with Crippen LogP contribution in [0.4, 0.5) is 22.0 Å². The fraction of sp³-hybridized carbons (Fsp3) is 0.350. The highest BCUT2D eigenvalue weighted by molar-refractivity contribution is 5.74. The van der Waals surface area contributed by atoms with E-state index in [4.69, 9.17) is 10.5 Å². The van der Waals surface area contributed by atoms with E-state index in [9.17, 15) is 26.7 Å². The van der Waals surface area contributed by atoms with Gasteiger partial charge in [-0.05, 0) is 61.2 Å². The van der Waals surface area contributed by atoms with Crippen molar-refractivity contribution in [3.8, 4) is 11.1 Å². The molecule has 2 N–H and O–H groups in total. The molecule has 0 unspecified atom stereocenters. The van der Waals surface area contributed by atoms with Crippen LogP contribution in [0.25, 0.3) is 11.1 Å². The largest absolute Gasteiger partial charge is 0.466 e. The predicted molar refractivity (Wildman–Crippen MR) is 94.4 cm³/mol. The average molecular weight is 401 g/mol. The number of alkyl halides is 3. The Morgan fingerprint density at radius 3 is 2.39 bits per heavy atom. The van der Waals surface area contributed by atoms with Gasteiger partial charge in [0, 0.05) is 11.6 Å². The van der Waals surface area contributed by atoms with Gasteiger partial charge in [0.15, 0.2) is 0 Å². The first-order chi connectivity index (χ1) is 13.0. The smallest absolute Gasteiger partial charge is 0.419 e. The molecule has 28 heavy (non-hydrogen) atoms. The van der Waals surface area contributed by atoms with Crippen LogP contribution in [0.15, 0.2) is 24.3 Å². The monoisotopic (exact) mass is 401 g/mol. The summed E-state index contributed by atoms with van der Waals surface area (Å²) < 4.78 is 73.5. The minimum absolute atomic E-state index is 0.0301. The summed E-state index contributed by atoms with van der Waals surface area (Å²) in [5.41, 5.74) is 4.63. The van der Waals surface area contributed by atoms with Crippen molar-refractivity contribution >= 4 is 5.97 Å². The third kappa shape index (κ3) is 4.49. The molecule has 0 aliphatic carbocycles. The highest BCUT2D eigenvalue weighted by Crippen LogP contribution is 2.39. The normalized spacial score (nSPS) is 12.8. The summed E-state index contributed by atoms with van der Waals surface area (Å²) in [5.74, 6) is -2.91. The maximum Gasteiger partial charge on any atom is 0.419 e. The lowest BCUT2D eigenvalue weighted by Gasteiger charge is -2.20. The number of benzene rings is 2. The molecule has 0 saturated heterocycles. The van der Waals surface area contributed by atoms with Crippen molar-refractivity contribution in [2.45, 2.75) is 39.4 Å². The molecule has 2 rings (SSSR count). The lowest BCUT2D eigenvalue weighted by atomic mass is 9.90. The topological polar surface area (TPSA) is 52.3 Å². The van der Waals surface area contributed by atoms with Gasteiger partial charge in [-0.25, -0.2) is 8.78 Å². The van der Waals surface area contributed by atoms with Gasteiger partial charge in [0.05, 0.1) is 18.6 Å². The number of esters is 1. The van der Waals surface area contributed by atoms with E-state index in [-0.39, 0.29) is 23.3 Å². The summed E-state index contributed by atoms with van der Waals surface area (Å²) in [7, 11) is 0. The van der Waals surface area contributed by atoms with E-state index in [0.29, 0.717) is 11.6 Å². The van der Waals surface area contributed by atoms with Crippen molar-refractivity contribution in [3.63, 3.8) is 0 Å². The molecular formula is C20H20F5NO2. The van der Waals surface area contributed by atoms with E-state index in [1.165, 1.54) is 19.1 Å². The Balaban J connectivity index is 2.70. The minimum Gasteiger partial charge on any atom is -0.466 e. The second kappa shape index (κ2) is 8.26. The van der Waals surface area contributed by atoms with Gasteiger partial charge in [-0.1, -0.05) is 6.07 Å². The molecule has 0 spiro atoms. The molecule has 2 aromatic rings. The molecule has 0 aliphatic heterocycles. The fourth-order valence-electron chi connectivity index (χ4n) is 3.04. The van der Waals surface area contributed by atoms with E-state index >= 15 is 0 Å². The van der Waals surface area contributed by atoms with Gasteiger partial charge in [-0.15, -0.1) is 0 Å². The number of carbonyl (C=O) groups excluding carboxylic acids is 1. The zero-order valence-corrected chi connectivity index (χ0v) is 15.6. The van der Waals surface area contributed by atoms with E-state index < -0.39 is 47.4 Å². The lowest BCUT2D eigenvalue weighted by Crippen LogP contribution is -2.20. The Kier molecular flexibility index (Phi) is 6.44. The van der Waals surface area contributed by atoms with Crippen molar-refractivity contribution in [2.75, 3.05) is 6.61 Å². The van der Waals surface area contributed by atoms with Crippen LogP contribution in [-0.2, 0) is 15.7 Å². The van der Waals surface area contributed by atoms with E-state index in [1.807, 2.05) is 0 Å². The molecule has 0 fully saturated rings. The number of halogens is 5. The zero-order valence-electron chi connectivity index (χ0n) is 15.6. The van der Waals surface area contributed by atoms with Gasteiger partial charge in [-0.2, -0.15) is 13.2 Å². The standard InChI is InChI=1S/C20H20F5NO2/c1-4-28-17(27)9-16(26)13-7-12(8-14(19(13)22)20(23,24)25)18-10(2)5-6-15(21)11(18)3/h5-8,16H,4,9,26H2,1-3H3/t16-/m0/s1. The SMILES string of the molecule is CCOC(=O)C[C@H](N)c1cc(-c2c(C)ccc(F)c2C)cc(C(F)(F)F)c1F. The summed E-state index contributed by atoms with van der Waals surface area (Å²) in [5, 5.41) is 0. The minimum atomic E-state index is -4.99. The molecule has 0 saturated carbocycles. The Labute approximate surface area is 159 Å². The van der Waals surface area contributed by atoms with Crippen LogP contribution in [0.1, 0.15) is 41.6 Å². The second-order valence-electron chi connectivity index (χ2n) is 6.40. The van der Waals surface area contributed by atoms with Gasteiger partial charge < -0.3 is 10.5 Å². The second-order valence-corrected chi connectivity index (χ2v) is 6.40. The van der Waals surface area contributed by atoms with Crippen LogP contribution in [0, 0.1) is 25.5 Å². The molecule has 0 aromatic heterocycles. The Bertz CT molecular complexity index is 893. The first kappa shape index (κ1) is 21.8. The molecule has 152 valence electrons. The lowest BCUT2D eigenvalue weighted by molar-refractivity contribution is -0.143. The Morgan fingerprint density at radius 2 is 1.82 bits per heavy atom. The molecule has 0 radical (unpaired) electrons. The van der Waals surface area contributed by atoms with Crippen molar-refractivity contribution < 1.29 is 31.5 Å². The molecule has 1 atom stereocenters. The third-order valence-corrected chi connectivity index (χ3v) is 4.39. The third-order valence-electron chi connectivity index (χ3n) is 4.39. The van der Waals surface area contributed by atoms with Crippen molar-refractivity contribution in [1.82, 2.24) is 0 Å². The number of nitrogens with two attached hydrogens (primary N) is 1. The number of aryl methyl sites for hydroxylation is 1. The van der Waals surface area contributed by atoms with E-state index in [1.54, 1.807) is 13.8 Å². The highest BCUT2D eigenvalue weighted by atomic mass is 19.4. The Hall–Kier alpha value is -2.48. The van der Waals surface area contributed by atoms with Crippen LogP contribution in [0.3, 0.4) is 0 Å². The van der Waals surface area contributed by atoms with E-state index in [0.717, 1.165) is 6.07 Å². The number of hydrogen-bond acceptors (Lipinski definition) is 3. The molecular weight excluding hydrogens is 381 g/mol. The number of carbonyl (C=O) groups is 1. The van der Waals surface area contributed by atoms with Crippen LogP contribution in [0.5, 0.6) is 0 Å². The van der Waals surface area contributed by atoms with Crippen LogP contribution < -0.4 is 5.73 Å². The first-order valence-corrected chi connectivity index (χ1v) is 8.55. The maximum atomic E-state index is 14.6. The molecule has 8 heteroatoms. The van der Waals surface area contributed by atoms with Crippen molar-refractivity contribution in [2.24, 2.45) is 5.73 Å². The molecule has 0 aliphatic rings. The van der Waals surface area contributed by atoms with Gasteiger partial charge in [0.2, 0.25) is 0 Å². The molecule has 0 heterocycles. The summed E-state index contributed by atoms with van der Waals surface area (Å²) in [6.45, 7) is 4.65. The summed E-state index contributed by atoms with van der Waals surface area (Å²) >= 11 is 0. The number of hydrogen-bond donors (Lipinski definition) is 1. The average Bonchev–Trinajstić information content (AvgIpc) is 2.58. The van der Waals surface area contributed by atoms with Crippen molar-refractivity contribution in [3.05, 3.63) is 58.2 Å². The summed E-state index contributed by atoms with van der Waals surface area (Å²) in [4.78, 5) is 11.6.